The quantitative estimate of drug-likeness (QED) is 0.820. The number of benzene rings is 1. The van der Waals surface area contributed by atoms with Crippen LogP contribution in [0.3, 0.4) is 0 Å². The second kappa shape index (κ2) is 4.69. The molecule has 0 fully saturated rings. The van der Waals surface area contributed by atoms with Gasteiger partial charge in [-0.2, -0.15) is 13.2 Å². The van der Waals surface area contributed by atoms with E-state index in [1.807, 2.05) is 0 Å². The fourth-order valence-corrected chi connectivity index (χ4v) is 1.25. The molecule has 0 spiro atoms. The Morgan fingerprint density at radius 2 is 2.00 bits per heavy atom. The number of halogens is 4. The lowest BCUT2D eigenvalue weighted by Gasteiger charge is -2.15. The molecule has 2 nitrogen and oxygen atoms in total. The van der Waals surface area contributed by atoms with Gasteiger partial charge < -0.3 is 9.84 Å². The second-order valence-corrected chi connectivity index (χ2v) is 3.12. The molecule has 0 amide bonds. The first kappa shape index (κ1) is 12.8. The molecule has 16 heavy (non-hydrogen) atoms. The number of aliphatic hydroxyl groups is 1. The molecule has 0 aromatic heterocycles. The van der Waals surface area contributed by atoms with Gasteiger partial charge in [-0.1, -0.05) is 0 Å². The second-order valence-electron chi connectivity index (χ2n) is 3.12. The van der Waals surface area contributed by atoms with Gasteiger partial charge in [0.05, 0.1) is 12.7 Å². The number of methoxy groups -OCH3 is 1. The maximum absolute atomic E-state index is 12.4. The Morgan fingerprint density at radius 3 is 2.44 bits per heavy atom. The lowest BCUT2D eigenvalue weighted by molar-refractivity contribution is -0.137. The molecule has 1 unspecified atom stereocenters. The van der Waals surface area contributed by atoms with Gasteiger partial charge in [-0.25, -0.2) is 4.39 Å². The standard InChI is InChI=1S/C10H10F4O2/c1-16-9-3-2-6(10(12,13)14)4-7(9)8(15)5-11/h2-4,8,15H,5H2,1H3. The molecular weight excluding hydrogens is 228 g/mol. The van der Waals surface area contributed by atoms with Gasteiger partial charge in [0.15, 0.2) is 0 Å². The van der Waals surface area contributed by atoms with Gasteiger partial charge in [0, 0.05) is 5.56 Å². The highest BCUT2D eigenvalue weighted by Gasteiger charge is 2.31. The van der Waals surface area contributed by atoms with Crippen LogP contribution in [0.25, 0.3) is 0 Å². The zero-order chi connectivity index (χ0) is 12.3. The monoisotopic (exact) mass is 238 g/mol. The number of rotatable bonds is 3. The molecule has 90 valence electrons. The Bertz CT molecular complexity index is 362. The molecular formula is C10H10F4O2. The van der Waals surface area contributed by atoms with Crippen molar-refractivity contribution in [3.63, 3.8) is 0 Å². The molecule has 1 aromatic rings. The molecule has 0 heterocycles. The Hall–Kier alpha value is -1.30. The van der Waals surface area contributed by atoms with Crippen LogP contribution < -0.4 is 4.74 Å². The lowest BCUT2D eigenvalue weighted by atomic mass is 10.0. The topological polar surface area (TPSA) is 29.5 Å². The van der Waals surface area contributed by atoms with Crippen molar-refractivity contribution in [2.24, 2.45) is 0 Å². The van der Waals surface area contributed by atoms with Gasteiger partial charge in [-0.3, -0.25) is 0 Å². The molecule has 1 N–H and O–H groups in total. The first-order valence-corrected chi connectivity index (χ1v) is 4.39. The number of ether oxygens (including phenoxy) is 1. The van der Waals surface area contributed by atoms with Crippen molar-refractivity contribution in [1.29, 1.82) is 0 Å². The van der Waals surface area contributed by atoms with Crippen LogP contribution in [0.4, 0.5) is 17.6 Å². The van der Waals surface area contributed by atoms with E-state index in [2.05, 4.69) is 0 Å². The van der Waals surface area contributed by atoms with E-state index >= 15 is 0 Å². The summed E-state index contributed by atoms with van der Waals surface area (Å²) in [6.07, 6.45) is -6.14. The maximum atomic E-state index is 12.4. The number of hydrogen-bond donors (Lipinski definition) is 1. The number of aliphatic hydroxyl groups excluding tert-OH is 1. The predicted octanol–water partition coefficient (Wildman–Crippen LogP) is 2.72. The van der Waals surface area contributed by atoms with Gasteiger partial charge in [-0.15, -0.1) is 0 Å². The molecule has 0 bridgehead atoms. The summed E-state index contributed by atoms with van der Waals surface area (Å²) in [4.78, 5) is 0. The molecule has 0 radical (unpaired) electrons. The van der Waals surface area contributed by atoms with Crippen molar-refractivity contribution in [3.8, 4) is 5.75 Å². The van der Waals surface area contributed by atoms with Crippen LogP contribution in [0.1, 0.15) is 17.2 Å². The average Bonchev–Trinajstić information content (AvgIpc) is 2.25. The first-order valence-electron chi connectivity index (χ1n) is 4.39. The SMILES string of the molecule is COc1ccc(C(F)(F)F)cc1C(O)CF. The highest BCUT2D eigenvalue weighted by molar-refractivity contribution is 5.39. The molecule has 0 aliphatic rings. The largest absolute Gasteiger partial charge is 0.496 e. The summed E-state index contributed by atoms with van der Waals surface area (Å²) in [6, 6.07) is 2.55. The van der Waals surface area contributed by atoms with Gasteiger partial charge >= 0.3 is 6.18 Å². The minimum absolute atomic E-state index is 0.0261. The van der Waals surface area contributed by atoms with E-state index in [4.69, 9.17) is 4.74 Å². The molecule has 1 atom stereocenters. The van der Waals surface area contributed by atoms with Crippen LogP contribution in [0, 0.1) is 0 Å². The van der Waals surface area contributed by atoms with Crippen molar-refractivity contribution in [2.75, 3.05) is 13.8 Å². The summed E-state index contributed by atoms with van der Waals surface area (Å²) in [6.45, 7) is -1.17. The van der Waals surface area contributed by atoms with Crippen LogP contribution in [0.2, 0.25) is 0 Å². The smallest absolute Gasteiger partial charge is 0.416 e. The molecule has 0 saturated carbocycles. The highest BCUT2D eigenvalue weighted by atomic mass is 19.4. The highest BCUT2D eigenvalue weighted by Crippen LogP contribution is 2.34. The van der Waals surface area contributed by atoms with Crippen molar-refractivity contribution >= 4 is 0 Å². The summed E-state index contributed by atoms with van der Waals surface area (Å²) in [5, 5.41) is 9.21. The van der Waals surface area contributed by atoms with E-state index in [-0.39, 0.29) is 11.3 Å². The van der Waals surface area contributed by atoms with Crippen LogP contribution in [-0.2, 0) is 6.18 Å². The third-order valence-electron chi connectivity index (χ3n) is 2.06. The van der Waals surface area contributed by atoms with E-state index in [9.17, 15) is 22.7 Å². The average molecular weight is 238 g/mol. The van der Waals surface area contributed by atoms with Crippen molar-refractivity contribution < 1.29 is 27.4 Å². The van der Waals surface area contributed by atoms with E-state index in [1.165, 1.54) is 7.11 Å². The minimum Gasteiger partial charge on any atom is -0.496 e. The van der Waals surface area contributed by atoms with Gasteiger partial charge in [-0.05, 0) is 18.2 Å². The maximum Gasteiger partial charge on any atom is 0.416 e. The molecule has 1 aromatic carbocycles. The minimum atomic E-state index is -4.53. The predicted molar refractivity (Wildman–Crippen MR) is 48.9 cm³/mol. The van der Waals surface area contributed by atoms with Crippen molar-refractivity contribution in [2.45, 2.75) is 12.3 Å². The van der Waals surface area contributed by atoms with E-state index in [0.717, 1.165) is 12.1 Å². The first-order chi connectivity index (χ1) is 7.40. The Labute approximate surface area is 89.5 Å². The van der Waals surface area contributed by atoms with Crippen molar-refractivity contribution in [1.82, 2.24) is 0 Å². The van der Waals surface area contributed by atoms with E-state index < -0.39 is 24.5 Å². The molecule has 0 aliphatic heterocycles. The van der Waals surface area contributed by atoms with Crippen LogP contribution in [0.15, 0.2) is 18.2 Å². The van der Waals surface area contributed by atoms with E-state index in [1.54, 1.807) is 0 Å². The van der Waals surface area contributed by atoms with Gasteiger partial charge in [0.1, 0.15) is 18.5 Å². The van der Waals surface area contributed by atoms with Crippen LogP contribution in [-0.4, -0.2) is 18.9 Å². The van der Waals surface area contributed by atoms with Crippen molar-refractivity contribution in [3.05, 3.63) is 29.3 Å². The summed E-state index contributed by atoms with van der Waals surface area (Å²) < 4.78 is 54.0. The molecule has 6 heteroatoms. The summed E-state index contributed by atoms with van der Waals surface area (Å²) >= 11 is 0. The van der Waals surface area contributed by atoms with Crippen LogP contribution in [0.5, 0.6) is 5.75 Å². The van der Waals surface area contributed by atoms with Gasteiger partial charge in [0.2, 0.25) is 0 Å². The summed E-state index contributed by atoms with van der Waals surface area (Å²) in [5.74, 6) is 0.0261. The van der Waals surface area contributed by atoms with Gasteiger partial charge in [0.25, 0.3) is 0 Å². The summed E-state index contributed by atoms with van der Waals surface area (Å²) in [7, 11) is 1.23. The zero-order valence-electron chi connectivity index (χ0n) is 8.38. The molecule has 0 saturated heterocycles. The fraction of sp³-hybridized carbons (Fsp3) is 0.400. The van der Waals surface area contributed by atoms with Crippen LogP contribution >= 0.6 is 0 Å². The normalized spacial score (nSPS) is 13.6. The summed E-state index contributed by atoms with van der Waals surface area (Å²) in [5.41, 5.74) is -1.16. The fourth-order valence-electron chi connectivity index (χ4n) is 1.25. The zero-order valence-corrected chi connectivity index (χ0v) is 8.38. The number of hydrogen-bond acceptors (Lipinski definition) is 2. The number of alkyl halides is 4. The Morgan fingerprint density at radius 1 is 1.38 bits per heavy atom. The Balaban J connectivity index is 3.21. The molecule has 1 rings (SSSR count). The molecule has 0 aliphatic carbocycles. The third kappa shape index (κ3) is 2.63. The lowest BCUT2D eigenvalue weighted by Crippen LogP contribution is -2.09. The Kier molecular flexibility index (Phi) is 3.74. The van der Waals surface area contributed by atoms with E-state index in [0.29, 0.717) is 6.07 Å². The third-order valence-corrected chi connectivity index (χ3v) is 2.06.